The van der Waals surface area contributed by atoms with E-state index < -0.39 is 6.10 Å². The van der Waals surface area contributed by atoms with E-state index in [1.807, 2.05) is 30.3 Å². The Morgan fingerprint density at radius 2 is 1.94 bits per heavy atom. The Balaban J connectivity index is 2.74. The van der Waals surface area contributed by atoms with Crippen molar-refractivity contribution in [3.8, 4) is 0 Å². The van der Waals surface area contributed by atoms with Gasteiger partial charge in [0.15, 0.2) is 0 Å². The summed E-state index contributed by atoms with van der Waals surface area (Å²) in [6.45, 7) is 3.66. The summed E-state index contributed by atoms with van der Waals surface area (Å²) in [7, 11) is 0. The lowest BCUT2D eigenvalue weighted by Crippen LogP contribution is -2.15. The van der Waals surface area contributed by atoms with E-state index in [0.29, 0.717) is 6.42 Å². The van der Waals surface area contributed by atoms with Crippen molar-refractivity contribution in [3.63, 3.8) is 0 Å². The van der Waals surface area contributed by atoms with Gasteiger partial charge in [-0.3, -0.25) is 0 Å². The molecule has 0 radical (unpaired) electrons. The molecule has 0 heterocycles. The molecule has 1 aromatic carbocycles. The number of carbonyl (C=O) groups excluding carboxylic acids is 1. The third-order valence-electron chi connectivity index (χ3n) is 2.80. The van der Waals surface area contributed by atoms with Crippen LogP contribution in [0.1, 0.15) is 44.8 Å². The van der Waals surface area contributed by atoms with Crippen LogP contribution in [0.2, 0.25) is 0 Å². The number of benzene rings is 1. The minimum atomic E-state index is -0.523. The molecule has 2 unspecified atom stereocenters. The third kappa shape index (κ3) is 3.78. The first-order valence-electron chi connectivity index (χ1n) is 5.87. The zero-order valence-corrected chi connectivity index (χ0v) is 10.0. The molecule has 16 heavy (non-hydrogen) atoms. The van der Waals surface area contributed by atoms with Crippen LogP contribution in [0.4, 0.5) is 0 Å². The molecule has 2 heteroatoms. The van der Waals surface area contributed by atoms with E-state index >= 15 is 0 Å². The van der Waals surface area contributed by atoms with Crippen LogP contribution in [-0.4, -0.2) is 10.9 Å². The summed E-state index contributed by atoms with van der Waals surface area (Å²) >= 11 is 0. The molecule has 2 nitrogen and oxygen atoms in total. The first-order chi connectivity index (χ1) is 7.65. The van der Waals surface area contributed by atoms with Gasteiger partial charge in [0.25, 0.3) is 0 Å². The number of rotatable bonds is 6. The van der Waals surface area contributed by atoms with Crippen molar-refractivity contribution in [2.75, 3.05) is 0 Å². The van der Waals surface area contributed by atoms with Gasteiger partial charge in [-0.15, -0.1) is 0 Å². The number of hydrogen-bond donors (Lipinski definition) is 1. The molecule has 0 aliphatic rings. The maximum Gasteiger partial charge on any atom is 0.130 e. The molecule has 1 rings (SSSR count). The van der Waals surface area contributed by atoms with Crippen LogP contribution in [0.15, 0.2) is 30.3 Å². The van der Waals surface area contributed by atoms with E-state index in [1.165, 1.54) is 0 Å². The van der Waals surface area contributed by atoms with Crippen LogP contribution in [0, 0.1) is 5.92 Å². The van der Waals surface area contributed by atoms with Gasteiger partial charge in [0.05, 0.1) is 6.10 Å². The van der Waals surface area contributed by atoms with Crippen molar-refractivity contribution in [2.24, 2.45) is 5.92 Å². The maximum absolute atomic E-state index is 11.2. The summed E-state index contributed by atoms with van der Waals surface area (Å²) in [5.41, 5.74) is 0.905. The average Bonchev–Trinajstić information content (AvgIpc) is 2.28. The first-order valence-corrected chi connectivity index (χ1v) is 5.87. The van der Waals surface area contributed by atoms with E-state index in [4.69, 9.17) is 0 Å². The molecule has 0 bridgehead atoms. The van der Waals surface area contributed by atoms with Gasteiger partial charge < -0.3 is 9.90 Å². The standard InChI is InChI=1S/C14H20O2/c1-3-7-13(10-11(2)15)14(16)12-8-5-4-6-9-12/h4-6,8-9,13-14,16H,3,7,10H2,1-2H3. The van der Waals surface area contributed by atoms with Gasteiger partial charge in [-0.25, -0.2) is 0 Å². The smallest absolute Gasteiger partial charge is 0.130 e. The summed E-state index contributed by atoms with van der Waals surface area (Å²) in [6.07, 6.45) is 1.81. The Morgan fingerprint density at radius 1 is 1.31 bits per heavy atom. The van der Waals surface area contributed by atoms with Crippen LogP contribution in [0.3, 0.4) is 0 Å². The van der Waals surface area contributed by atoms with Gasteiger partial charge in [-0.2, -0.15) is 0 Å². The summed E-state index contributed by atoms with van der Waals surface area (Å²) in [5, 5.41) is 10.2. The molecule has 0 aliphatic heterocycles. The fourth-order valence-corrected chi connectivity index (χ4v) is 2.03. The lowest BCUT2D eigenvalue weighted by Gasteiger charge is -2.21. The predicted molar refractivity (Wildman–Crippen MR) is 65.1 cm³/mol. The largest absolute Gasteiger partial charge is 0.388 e. The van der Waals surface area contributed by atoms with E-state index in [1.54, 1.807) is 6.92 Å². The van der Waals surface area contributed by atoms with Crippen molar-refractivity contribution in [1.82, 2.24) is 0 Å². The fraction of sp³-hybridized carbons (Fsp3) is 0.500. The molecule has 1 aromatic rings. The summed E-state index contributed by atoms with van der Waals surface area (Å²) in [5.74, 6) is 0.193. The van der Waals surface area contributed by atoms with Crippen LogP contribution < -0.4 is 0 Å². The highest BCUT2D eigenvalue weighted by Gasteiger charge is 2.21. The minimum Gasteiger partial charge on any atom is -0.388 e. The topological polar surface area (TPSA) is 37.3 Å². The van der Waals surface area contributed by atoms with Crippen LogP contribution >= 0.6 is 0 Å². The zero-order valence-electron chi connectivity index (χ0n) is 10.0. The van der Waals surface area contributed by atoms with E-state index in [9.17, 15) is 9.90 Å². The Kier molecular flexibility index (Phi) is 5.20. The number of aliphatic hydroxyl groups is 1. The first kappa shape index (κ1) is 12.9. The zero-order chi connectivity index (χ0) is 12.0. The Hall–Kier alpha value is -1.15. The molecular weight excluding hydrogens is 200 g/mol. The highest BCUT2D eigenvalue weighted by atomic mass is 16.3. The highest BCUT2D eigenvalue weighted by molar-refractivity contribution is 5.75. The quantitative estimate of drug-likeness (QED) is 0.799. The average molecular weight is 220 g/mol. The Bertz CT molecular complexity index is 319. The second kappa shape index (κ2) is 6.44. The lowest BCUT2D eigenvalue weighted by molar-refractivity contribution is -0.119. The highest BCUT2D eigenvalue weighted by Crippen LogP contribution is 2.28. The lowest BCUT2D eigenvalue weighted by atomic mass is 9.88. The monoisotopic (exact) mass is 220 g/mol. The van der Waals surface area contributed by atoms with E-state index in [2.05, 4.69) is 6.92 Å². The van der Waals surface area contributed by atoms with Crippen LogP contribution in [0.5, 0.6) is 0 Å². The van der Waals surface area contributed by atoms with Gasteiger partial charge in [0.1, 0.15) is 5.78 Å². The van der Waals surface area contributed by atoms with Gasteiger partial charge in [0, 0.05) is 6.42 Å². The normalized spacial score (nSPS) is 14.4. The van der Waals surface area contributed by atoms with E-state index in [-0.39, 0.29) is 11.7 Å². The SMILES string of the molecule is CCCC(CC(C)=O)C(O)c1ccccc1. The van der Waals surface area contributed by atoms with Crippen LogP contribution in [-0.2, 0) is 4.79 Å². The second-order valence-electron chi connectivity index (χ2n) is 4.31. The summed E-state index contributed by atoms with van der Waals surface area (Å²) < 4.78 is 0. The Morgan fingerprint density at radius 3 is 2.44 bits per heavy atom. The number of hydrogen-bond acceptors (Lipinski definition) is 2. The third-order valence-corrected chi connectivity index (χ3v) is 2.80. The van der Waals surface area contributed by atoms with Crippen molar-refractivity contribution >= 4 is 5.78 Å². The molecule has 0 spiro atoms. The molecule has 1 N–H and O–H groups in total. The minimum absolute atomic E-state index is 0.0462. The van der Waals surface area contributed by atoms with Gasteiger partial charge >= 0.3 is 0 Å². The molecular formula is C14H20O2. The van der Waals surface area contributed by atoms with E-state index in [0.717, 1.165) is 18.4 Å². The molecule has 2 atom stereocenters. The maximum atomic E-state index is 11.2. The fourth-order valence-electron chi connectivity index (χ4n) is 2.03. The molecule has 88 valence electrons. The second-order valence-corrected chi connectivity index (χ2v) is 4.31. The molecule has 0 saturated heterocycles. The molecule has 0 saturated carbocycles. The molecule has 0 fully saturated rings. The summed E-state index contributed by atoms with van der Waals surface area (Å²) in [6, 6.07) is 9.57. The van der Waals surface area contributed by atoms with Crippen molar-refractivity contribution in [2.45, 2.75) is 39.2 Å². The van der Waals surface area contributed by atoms with Crippen molar-refractivity contribution < 1.29 is 9.90 Å². The number of ketones is 1. The molecule has 0 aliphatic carbocycles. The number of carbonyl (C=O) groups is 1. The van der Waals surface area contributed by atoms with Gasteiger partial charge in [-0.1, -0.05) is 43.7 Å². The van der Waals surface area contributed by atoms with Crippen molar-refractivity contribution in [1.29, 1.82) is 0 Å². The van der Waals surface area contributed by atoms with Gasteiger partial charge in [0.2, 0.25) is 0 Å². The van der Waals surface area contributed by atoms with Crippen molar-refractivity contribution in [3.05, 3.63) is 35.9 Å². The summed E-state index contributed by atoms with van der Waals surface area (Å²) in [4.78, 5) is 11.2. The number of aliphatic hydroxyl groups excluding tert-OH is 1. The number of Topliss-reactive ketones (excluding diaryl/α,β-unsaturated/α-hetero) is 1. The van der Waals surface area contributed by atoms with Gasteiger partial charge in [-0.05, 0) is 24.8 Å². The molecule has 0 aromatic heterocycles. The molecule has 0 amide bonds. The van der Waals surface area contributed by atoms with Crippen LogP contribution in [0.25, 0.3) is 0 Å². The Labute approximate surface area is 97.3 Å². The predicted octanol–water partition coefficient (Wildman–Crippen LogP) is 3.12.